The summed E-state index contributed by atoms with van der Waals surface area (Å²) in [5.41, 5.74) is 1.52. The molecule has 0 aliphatic carbocycles. The number of anilines is 1. The fourth-order valence-corrected chi connectivity index (χ4v) is 2.86. The third-order valence-electron chi connectivity index (χ3n) is 3.54. The summed E-state index contributed by atoms with van der Waals surface area (Å²) in [6.07, 6.45) is 1.08. The molecule has 0 radical (unpaired) electrons. The maximum Gasteiger partial charge on any atom is 0.271 e. The Hall–Kier alpha value is -1.76. The molecular weight excluding hydrogens is 288 g/mol. The van der Waals surface area contributed by atoms with Gasteiger partial charge in [0.25, 0.3) is 5.69 Å². The number of thioether (sulfide) groups is 1. The lowest BCUT2D eigenvalue weighted by Crippen LogP contribution is -2.30. The van der Waals surface area contributed by atoms with Crippen LogP contribution in [0.5, 0.6) is 0 Å². The van der Waals surface area contributed by atoms with Gasteiger partial charge in [0.05, 0.1) is 16.0 Å². The normalized spacial score (nSPS) is 12.5. The van der Waals surface area contributed by atoms with Crippen molar-refractivity contribution < 1.29 is 4.92 Å². The number of hydrogen-bond donors (Lipinski definition) is 1. The second-order valence-electron chi connectivity index (χ2n) is 4.96. The largest absolute Gasteiger partial charge is 0.343 e. The molecule has 0 saturated heterocycles. The molecule has 7 heteroatoms. The zero-order valence-corrected chi connectivity index (χ0v) is 13.3. The zero-order chi connectivity index (χ0) is 15.4. The van der Waals surface area contributed by atoms with Crippen LogP contribution in [0.4, 0.5) is 11.6 Å². The first-order valence-electron chi connectivity index (χ1n) is 6.97. The molecule has 0 aliphatic heterocycles. The van der Waals surface area contributed by atoms with Crippen molar-refractivity contribution in [1.29, 1.82) is 0 Å². The van der Waals surface area contributed by atoms with Crippen LogP contribution in [0, 0.1) is 10.1 Å². The Morgan fingerprint density at radius 1 is 1.52 bits per heavy atom. The quantitative estimate of drug-likeness (QED) is 0.482. The van der Waals surface area contributed by atoms with Crippen LogP contribution in [0.25, 0.3) is 11.0 Å². The summed E-state index contributed by atoms with van der Waals surface area (Å²) >= 11 is 1.93. The fourth-order valence-electron chi connectivity index (χ4n) is 2.07. The third-order valence-corrected chi connectivity index (χ3v) is 4.48. The molecule has 114 valence electrons. The van der Waals surface area contributed by atoms with Crippen LogP contribution < -0.4 is 4.90 Å². The summed E-state index contributed by atoms with van der Waals surface area (Å²) in [4.78, 5) is 20.2. The number of imidazole rings is 1. The van der Waals surface area contributed by atoms with Crippen LogP contribution in [0.3, 0.4) is 0 Å². The summed E-state index contributed by atoms with van der Waals surface area (Å²) in [6.45, 7) is 4.32. The maximum atomic E-state index is 10.8. The van der Waals surface area contributed by atoms with E-state index >= 15 is 0 Å². The van der Waals surface area contributed by atoms with Gasteiger partial charge in [-0.2, -0.15) is 11.8 Å². The summed E-state index contributed by atoms with van der Waals surface area (Å²) in [7, 11) is 1.99. The number of hydrogen-bond acceptors (Lipinski definition) is 5. The summed E-state index contributed by atoms with van der Waals surface area (Å²) < 4.78 is 0. The van der Waals surface area contributed by atoms with Crippen LogP contribution >= 0.6 is 11.8 Å². The fraction of sp³-hybridized carbons (Fsp3) is 0.500. The SMILES string of the molecule is CCSCCC(C)N(C)c1nc2ccc([N+](=O)[O-])cc2[nH]1. The molecule has 1 N–H and O–H groups in total. The molecule has 1 unspecified atom stereocenters. The lowest BCUT2D eigenvalue weighted by atomic mass is 10.2. The number of nitro benzene ring substituents is 1. The number of aromatic amines is 1. The Kier molecular flexibility index (Phi) is 5.06. The van der Waals surface area contributed by atoms with E-state index in [9.17, 15) is 10.1 Å². The number of benzene rings is 1. The van der Waals surface area contributed by atoms with Crippen LogP contribution in [-0.2, 0) is 0 Å². The number of H-pyrrole nitrogens is 1. The van der Waals surface area contributed by atoms with E-state index in [1.165, 1.54) is 12.1 Å². The molecular formula is C14H20N4O2S. The van der Waals surface area contributed by atoms with E-state index in [2.05, 4.69) is 28.7 Å². The Morgan fingerprint density at radius 2 is 2.29 bits per heavy atom. The van der Waals surface area contributed by atoms with Gasteiger partial charge in [0.2, 0.25) is 5.95 Å². The minimum atomic E-state index is -0.395. The van der Waals surface area contributed by atoms with Gasteiger partial charge in [0.15, 0.2) is 0 Å². The van der Waals surface area contributed by atoms with E-state index in [0.29, 0.717) is 11.6 Å². The van der Waals surface area contributed by atoms with Gasteiger partial charge in [-0.1, -0.05) is 6.92 Å². The van der Waals surface area contributed by atoms with E-state index < -0.39 is 4.92 Å². The van der Waals surface area contributed by atoms with Gasteiger partial charge in [-0.15, -0.1) is 0 Å². The number of nitrogens with one attached hydrogen (secondary N) is 1. The van der Waals surface area contributed by atoms with Gasteiger partial charge in [0.1, 0.15) is 0 Å². The van der Waals surface area contributed by atoms with Crippen molar-refractivity contribution in [3.63, 3.8) is 0 Å². The molecule has 1 atom stereocenters. The molecule has 1 aromatic carbocycles. The second kappa shape index (κ2) is 6.80. The Labute approximate surface area is 128 Å². The van der Waals surface area contributed by atoms with E-state index in [4.69, 9.17) is 0 Å². The average molecular weight is 308 g/mol. The van der Waals surface area contributed by atoms with Crippen molar-refractivity contribution in [3.05, 3.63) is 28.3 Å². The van der Waals surface area contributed by atoms with Gasteiger partial charge in [-0.3, -0.25) is 10.1 Å². The smallest absolute Gasteiger partial charge is 0.271 e. The second-order valence-corrected chi connectivity index (χ2v) is 6.36. The van der Waals surface area contributed by atoms with Crippen molar-refractivity contribution in [2.75, 3.05) is 23.5 Å². The number of fused-ring (bicyclic) bond motifs is 1. The molecule has 1 aromatic heterocycles. The van der Waals surface area contributed by atoms with Crippen molar-refractivity contribution in [3.8, 4) is 0 Å². The monoisotopic (exact) mass is 308 g/mol. The van der Waals surface area contributed by atoms with E-state index in [-0.39, 0.29) is 5.69 Å². The minimum absolute atomic E-state index is 0.0766. The zero-order valence-electron chi connectivity index (χ0n) is 12.5. The molecule has 2 aromatic rings. The molecule has 6 nitrogen and oxygen atoms in total. The van der Waals surface area contributed by atoms with Gasteiger partial charge < -0.3 is 9.88 Å². The van der Waals surface area contributed by atoms with Gasteiger partial charge in [-0.25, -0.2) is 4.98 Å². The molecule has 2 rings (SSSR count). The van der Waals surface area contributed by atoms with Crippen molar-refractivity contribution >= 4 is 34.4 Å². The van der Waals surface area contributed by atoms with Crippen LogP contribution in [0.2, 0.25) is 0 Å². The Morgan fingerprint density at radius 3 is 2.95 bits per heavy atom. The van der Waals surface area contributed by atoms with E-state index in [0.717, 1.165) is 29.4 Å². The van der Waals surface area contributed by atoms with Gasteiger partial charge in [0, 0.05) is 25.2 Å². The number of nitrogens with zero attached hydrogens (tertiary/aromatic N) is 3. The number of nitro groups is 1. The molecule has 21 heavy (non-hydrogen) atoms. The van der Waals surface area contributed by atoms with Crippen molar-refractivity contribution in [1.82, 2.24) is 9.97 Å². The first-order chi connectivity index (χ1) is 10.0. The highest BCUT2D eigenvalue weighted by atomic mass is 32.2. The van der Waals surface area contributed by atoms with Gasteiger partial charge in [-0.05, 0) is 30.9 Å². The molecule has 0 spiro atoms. The van der Waals surface area contributed by atoms with Gasteiger partial charge >= 0.3 is 0 Å². The lowest BCUT2D eigenvalue weighted by molar-refractivity contribution is -0.384. The lowest BCUT2D eigenvalue weighted by Gasteiger charge is -2.24. The minimum Gasteiger partial charge on any atom is -0.343 e. The van der Waals surface area contributed by atoms with E-state index in [1.807, 2.05) is 18.8 Å². The summed E-state index contributed by atoms with van der Waals surface area (Å²) in [5.74, 6) is 3.00. The van der Waals surface area contributed by atoms with Crippen LogP contribution in [0.15, 0.2) is 18.2 Å². The Bertz CT molecular complexity index is 628. The molecule has 0 bridgehead atoms. The molecule has 0 saturated carbocycles. The molecule has 1 heterocycles. The number of aromatic nitrogens is 2. The highest BCUT2D eigenvalue weighted by molar-refractivity contribution is 7.99. The first kappa shape index (κ1) is 15.6. The highest BCUT2D eigenvalue weighted by Gasteiger charge is 2.15. The van der Waals surface area contributed by atoms with Crippen molar-refractivity contribution in [2.24, 2.45) is 0 Å². The van der Waals surface area contributed by atoms with Crippen LogP contribution in [0.1, 0.15) is 20.3 Å². The Balaban J connectivity index is 2.16. The summed E-state index contributed by atoms with van der Waals surface area (Å²) in [5, 5.41) is 10.8. The van der Waals surface area contributed by atoms with Crippen molar-refractivity contribution in [2.45, 2.75) is 26.3 Å². The standard InChI is InChI=1S/C14H20N4O2S/c1-4-21-8-7-10(2)17(3)14-15-12-6-5-11(18(19)20)9-13(12)16-14/h5-6,9-10H,4,7-8H2,1-3H3,(H,15,16). The predicted octanol–water partition coefficient (Wildman–Crippen LogP) is 3.44. The molecule has 0 aliphatic rings. The highest BCUT2D eigenvalue weighted by Crippen LogP contribution is 2.23. The van der Waals surface area contributed by atoms with E-state index in [1.54, 1.807) is 6.07 Å². The maximum absolute atomic E-state index is 10.8. The summed E-state index contributed by atoms with van der Waals surface area (Å²) in [6, 6.07) is 5.05. The number of rotatable bonds is 7. The third kappa shape index (κ3) is 3.66. The molecule has 0 fully saturated rings. The average Bonchev–Trinajstić information content (AvgIpc) is 2.89. The first-order valence-corrected chi connectivity index (χ1v) is 8.13. The van der Waals surface area contributed by atoms with Crippen LogP contribution in [-0.4, -0.2) is 39.5 Å². The number of non-ortho nitro benzene ring substituents is 1. The molecule has 0 amide bonds. The topological polar surface area (TPSA) is 75.1 Å². The predicted molar refractivity (Wildman–Crippen MR) is 88.2 cm³/mol.